The maximum absolute atomic E-state index is 9.06. The van der Waals surface area contributed by atoms with Gasteiger partial charge in [-0.2, -0.15) is 5.26 Å². The molecule has 0 spiro atoms. The molecule has 0 saturated carbocycles. The van der Waals surface area contributed by atoms with E-state index in [1.807, 2.05) is 4.90 Å². The number of ether oxygens (including phenoxy) is 1. The van der Waals surface area contributed by atoms with E-state index in [1.54, 1.807) is 25.6 Å². The normalized spacial score (nSPS) is 25.1. The summed E-state index contributed by atoms with van der Waals surface area (Å²) in [6.07, 6.45) is 4.30. The molecule has 2 rings (SSSR count). The van der Waals surface area contributed by atoms with Crippen LogP contribution in [0.2, 0.25) is 0 Å². The van der Waals surface area contributed by atoms with Crippen molar-refractivity contribution >= 4 is 5.95 Å². The molecule has 1 fully saturated rings. The Hall–Kier alpha value is -1.67. The van der Waals surface area contributed by atoms with E-state index >= 15 is 0 Å². The van der Waals surface area contributed by atoms with E-state index < -0.39 is 0 Å². The van der Waals surface area contributed by atoms with E-state index in [0.717, 1.165) is 13.0 Å². The number of nitriles is 1. The number of rotatable bonds is 2. The fraction of sp³-hybridized carbons (Fsp3) is 0.545. The molecule has 84 valence electrons. The van der Waals surface area contributed by atoms with Gasteiger partial charge >= 0.3 is 0 Å². The van der Waals surface area contributed by atoms with Crippen LogP contribution in [0.3, 0.4) is 0 Å². The second kappa shape index (κ2) is 4.90. The van der Waals surface area contributed by atoms with Crippen molar-refractivity contribution in [1.82, 2.24) is 9.97 Å². The molecule has 16 heavy (non-hydrogen) atoms. The topological polar surface area (TPSA) is 62.0 Å². The first-order valence-corrected chi connectivity index (χ1v) is 5.29. The molecule has 1 aliphatic heterocycles. The minimum absolute atomic E-state index is 0.0324. The first kappa shape index (κ1) is 10.8. The third-order valence-electron chi connectivity index (χ3n) is 2.85. The molecule has 1 aromatic rings. The summed E-state index contributed by atoms with van der Waals surface area (Å²) in [6, 6.07) is 4.07. The van der Waals surface area contributed by atoms with Crippen LogP contribution in [0.5, 0.6) is 0 Å². The largest absolute Gasteiger partial charge is 0.380 e. The Labute approximate surface area is 94.7 Å². The summed E-state index contributed by atoms with van der Waals surface area (Å²) < 4.78 is 5.29. The van der Waals surface area contributed by atoms with Crippen molar-refractivity contribution in [1.29, 1.82) is 5.26 Å². The van der Waals surface area contributed by atoms with Crippen molar-refractivity contribution in [3.05, 3.63) is 18.5 Å². The average Bonchev–Trinajstić information content (AvgIpc) is 2.39. The highest BCUT2D eigenvalue weighted by Crippen LogP contribution is 2.21. The van der Waals surface area contributed by atoms with Crippen molar-refractivity contribution in [3.63, 3.8) is 0 Å². The molecule has 0 aliphatic carbocycles. The Morgan fingerprint density at radius 3 is 2.88 bits per heavy atom. The summed E-state index contributed by atoms with van der Waals surface area (Å²) in [7, 11) is 1.66. The zero-order valence-electron chi connectivity index (χ0n) is 9.21. The van der Waals surface area contributed by atoms with Crippen molar-refractivity contribution in [2.24, 2.45) is 5.92 Å². The fourth-order valence-corrected chi connectivity index (χ4v) is 1.97. The smallest absolute Gasteiger partial charge is 0.225 e. The minimum Gasteiger partial charge on any atom is -0.380 e. The third-order valence-corrected chi connectivity index (χ3v) is 2.85. The number of methoxy groups -OCH3 is 1. The molecule has 2 heterocycles. The Balaban J connectivity index is 2.08. The third kappa shape index (κ3) is 2.12. The molecule has 5 heteroatoms. The van der Waals surface area contributed by atoms with Gasteiger partial charge in [-0.25, -0.2) is 9.97 Å². The van der Waals surface area contributed by atoms with E-state index in [1.165, 1.54) is 0 Å². The summed E-state index contributed by atoms with van der Waals surface area (Å²) in [5.74, 6) is 0.583. The molecule has 0 radical (unpaired) electrons. The summed E-state index contributed by atoms with van der Waals surface area (Å²) in [6.45, 7) is 1.47. The van der Waals surface area contributed by atoms with Gasteiger partial charge in [-0.05, 0) is 12.5 Å². The Bertz CT molecular complexity index is 375. The van der Waals surface area contributed by atoms with Crippen molar-refractivity contribution in [3.8, 4) is 6.07 Å². The van der Waals surface area contributed by atoms with Crippen LogP contribution in [0, 0.1) is 17.2 Å². The van der Waals surface area contributed by atoms with E-state index in [4.69, 9.17) is 10.00 Å². The molecule has 5 nitrogen and oxygen atoms in total. The second-order valence-corrected chi connectivity index (χ2v) is 3.79. The molecular formula is C11H14N4O. The molecule has 0 bridgehead atoms. The highest BCUT2D eigenvalue weighted by Gasteiger charge is 2.30. The number of nitrogens with zero attached hydrogens (tertiary/aromatic N) is 4. The van der Waals surface area contributed by atoms with Gasteiger partial charge in [-0.1, -0.05) is 0 Å². The minimum atomic E-state index is -0.109. The lowest BCUT2D eigenvalue weighted by Crippen LogP contribution is -2.44. The van der Waals surface area contributed by atoms with Gasteiger partial charge in [0.1, 0.15) is 0 Å². The number of piperidine rings is 1. The molecule has 0 aromatic carbocycles. The lowest BCUT2D eigenvalue weighted by molar-refractivity contribution is 0.0565. The van der Waals surface area contributed by atoms with Gasteiger partial charge in [0.2, 0.25) is 5.95 Å². The molecule has 2 unspecified atom stereocenters. The summed E-state index contributed by atoms with van der Waals surface area (Å²) in [5.41, 5.74) is 0. The van der Waals surface area contributed by atoms with Gasteiger partial charge in [0, 0.05) is 32.6 Å². The summed E-state index contributed by atoms with van der Waals surface area (Å²) >= 11 is 0. The second-order valence-electron chi connectivity index (χ2n) is 3.79. The number of aromatic nitrogens is 2. The molecule has 2 atom stereocenters. The Kier molecular flexibility index (Phi) is 3.32. The number of hydrogen-bond acceptors (Lipinski definition) is 5. The fourth-order valence-electron chi connectivity index (χ4n) is 1.97. The zero-order chi connectivity index (χ0) is 11.4. The van der Waals surface area contributed by atoms with Crippen molar-refractivity contribution in [2.75, 3.05) is 25.1 Å². The SMILES string of the molecule is COC1CCN(c2ncccn2)CC1C#N. The molecule has 1 saturated heterocycles. The first-order chi connectivity index (χ1) is 7.85. The van der Waals surface area contributed by atoms with Gasteiger partial charge < -0.3 is 9.64 Å². The predicted octanol–water partition coefficient (Wildman–Crippen LogP) is 0.841. The molecule has 0 amide bonds. The van der Waals surface area contributed by atoms with Crippen LogP contribution in [0.4, 0.5) is 5.95 Å². The number of hydrogen-bond donors (Lipinski definition) is 0. The van der Waals surface area contributed by atoms with E-state index in [2.05, 4.69) is 16.0 Å². The van der Waals surface area contributed by atoms with Gasteiger partial charge in [0.25, 0.3) is 0 Å². The van der Waals surface area contributed by atoms with Gasteiger partial charge in [-0.15, -0.1) is 0 Å². The standard InChI is InChI=1S/C11H14N4O/c1-16-10-3-6-15(8-9(10)7-12)11-13-4-2-5-14-11/h2,4-5,9-10H,3,6,8H2,1H3. The maximum Gasteiger partial charge on any atom is 0.225 e. The predicted molar refractivity (Wildman–Crippen MR) is 58.8 cm³/mol. The van der Waals surface area contributed by atoms with Crippen LogP contribution >= 0.6 is 0 Å². The van der Waals surface area contributed by atoms with Crippen LogP contribution in [0.15, 0.2) is 18.5 Å². The average molecular weight is 218 g/mol. The molecule has 1 aromatic heterocycles. The monoisotopic (exact) mass is 218 g/mol. The van der Waals surface area contributed by atoms with Crippen LogP contribution in [0.25, 0.3) is 0 Å². The lowest BCUT2D eigenvalue weighted by Gasteiger charge is -2.34. The van der Waals surface area contributed by atoms with Crippen LogP contribution in [-0.2, 0) is 4.74 Å². The Morgan fingerprint density at radius 1 is 1.50 bits per heavy atom. The lowest BCUT2D eigenvalue weighted by atomic mass is 9.96. The van der Waals surface area contributed by atoms with Gasteiger partial charge in [0.05, 0.1) is 18.1 Å². The van der Waals surface area contributed by atoms with Crippen molar-refractivity contribution < 1.29 is 4.74 Å². The Morgan fingerprint density at radius 2 is 2.25 bits per heavy atom. The van der Waals surface area contributed by atoms with E-state index in [9.17, 15) is 0 Å². The molecular weight excluding hydrogens is 204 g/mol. The quantitative estimate of drug-likeness (QED) is 0.736. The molecule has 0 N–H and O–H groups in total. The number of anilines is 1. The first-order valence-electron chi connectivity index (χ1n) is 5.29. The van der Waals surface area contributed by atoms with Gasteiger partial charge in [-0.3, -0.25) is 0 Å². The summed E-state index contributed by atoms with van der Waals surface area (Å²) in [5, 5.41) is 9.06. The zero-order valence-corrected chi connectivity index (χ0v) is 9.21. The van der Waals surface area contributed by atoms with Crippen LogP contribution < -0.4 is 4.90 Å². The summed E-state index contributed by atoms with van der Waals surface area (Å²) in [4.78, 5) is 10.4. The highest BCUT2D eigenvalue weighted by molar-refractivity contribution is 5.30. The molecule has 1 aliphatic rings. The van der Waals surface area contributed by atoms with Crippen molar-refractivity contribution in [2.45, 2.75) is 12.5 Å². The maximum atomic E-state index is 9.06. The van der Waals surface area contributed by atoms with Crippen LogP contribution in [0.1, 0.15) is 6.42 Å². The van der Waals surface area contributed by atoms with Gasteiger partial charge in [0.15, 0.2) is 0 Å². The van der Waals surface area contributed by atoms with Crippen LogP contribution in [-0.4, -0.2) is 36.3 Å². The van der Waals surface area contributed by atoms with E-state index in [-0.39, 0.29) is 12.0 Å². The highest BCUT2D eigenvalue weighted by atomic mass is 16.5. The van der Waals surface area contributed by atoms with E-state index in [0.29, 0.717) is 12.5 Å².